The lowest BCUT2D eigenvalue weighted by molar-refractivity contribution is 0.101. The summed E-state index contributed by atoms with van der Waals surface area (Å²) in [4.78, 5) is 11.1. The maximum atomic E-state index is 11.1. The van der Waals surface area contributed by atoms with E-state index in [9.17, 15) is 4.79 Å². The van der Waals surface area contributed by atoms with Crippen molar-refractivity contribution < 1.29 is 4.79 Å². The lowest BCUT2D eigenvalue weighted by Crippen LogP contribution is -2.04. The van der Waals surface area contributed by atoms with Crippen molar-refractivity contribution >= 4 is 17.4 Å². The van der Waals surface area contributed by atoms with Gasteiger partial charge in [-0.1, -0.05) is 23.4 Å². The molecular weight excluding hydrogens is 210 g/mol. The van der Waals surface area contributed by atoms with E-state index in [-0.39, 0.29) is 5.78 Å². The van der Waals surface area contributed by atoms with Crippen LogP contribution in [0, 0.1) is 11.8 Å². The Morgan fingerprint density at radius 2 is 2.27 bits per heavy atom. The lowest BCUT2D eigenvalue weighted by Gasteiger charge is -1.99. The van der Waals surface area contributed by atoms with E-state index in [1.807, 2.05) is 7.05 Å². The fraction of sp³-hybridized carbons (Fsp3) is 0.250. The van der Waals surface area contributed by atoms with Crippen LogP contribution in [0.3, 0.4) is 0 Å². The predicted octanol–water partition coefficient (Wildman–Crippen LogP) is 2.11. The molecule has 0 radical (unpaired) electrons. The van der Waals surface area contributed by atoms with E-state index in [0.717, 1.165) is 5.56 Å². The molecule has 0 fully saturated rings. The van der Waals surface area contributed by atoms with E-state index in [2.05, 4.69) is 17.2 Å². The molecule has 1 aromatic rings. The molecule has 0 aliphatic rings. The van der Waals surface area contributed by atoms with Gasteiger partial charge in [-0.05, 0) is 32.2 Å². The number of hydrogen-bond donors (Lipinski definition) is 1. The average molecular weight is 222 g/mol. The van der Waals surface area contributed by atoms with Gasteiger partial charge in [0.1, 0.15) is 0 Å². The zero-order valence-corrected chi connectivity index (χ0v) is 9.48. The average Bonchev–Trinajstić information content (AvgIpc) is 2.17. The first-order chi connectivity index (χ1) is 7.15. The highest BCUT2D eigenvalue weighted by atomic mass is 35.5. The van der Waals surface area contributed by atoms with Crippen molar-refractivity contribution in [1.82, 2.24) is 5.32 Å². The van der Waals surface area contributed by atoms with E-state index in [1.165, 1.54) is 6.92 Å². The first-order valence-electron chi connectivity index (χ1n) is 4.59. The van der Waals surface area contributed by atoms with Gasteiger partial charge in [-0.15, -0.1) is 0 Å². The van der Waals surface area contributed by atoms with E-state index in [0.29, 0.717) is 17.1 Å². The van der Waals surface area contributed by atoms with Gasteiger partial charge in [0.15, 0.2) is 5.78 Å². The molecule has 3 heteroatoms. The van der Waals surface area contributed by atoms with Gasteiger partial charge in [0.2, 0.25) is 0 Å². The molecule has 2 nitrogen and oxygen atoms in total. The van der Waals surface area contributed by atoms with Crippen LogP contribution < -0.4 is 5.32 Å². The minimum atomic E-state index is -0.0327. The van der Waals surface area contributed by atoms with Crippen LogP contribution in [0.25, 0.3) is 0 Å². The van der Waals surface area contributed by atoms with Gasteiger partial charge in [0.05, 0.1) is 11.6 Å². The minimum absolute atomic E-state index is 0.0327. The molecule has 1 rings (SSSR count). The summed E-state index contributed by atoms with van der Waals surface area (Å²) < 4.78 is 0. The van der Waals surface area contributed by atoms with Gasteiger partial charge in [0, 0.05) is 11.1 Å². The molecule has 0 aliphatic carbocycles. The van der Waals surface area contributed by atoms with Crippen LogP contribution in [0.1, 0.15) is 22.8 Å². The Morgan fingerprint density at radius 3 is 2.80 bits per heavy atom. The van der Waals surface area contributed by atoms with Crippen molar-refractivity contribution in [3.05, 3.63) is 34.3 Å². The first kappa shape index (κ1) is 11.8. The molecule has 0 aromatic heterocycles. The zero-order chi connectivity index (χ0) is 11.3. The number of hydrogen-bond acceptors (Lipinski definition) is 2. The molecular formula is C12H12ClNO. The molecule has 0 unspecified atom stereocenters. The smallest absolute Gasteiger partial charge is 0.161 e. The highest BCUT2D eigenvalue weighted by Gasteiger charge is 2.04. The van der Waals surface area contributed by atoms with Crippen molar-refractivity contribution in [2.75, 3.05) is 13.6 Å². The second kappa shape index (κ2) is 5.55. The number of nitrogens with one attached hydrogen (secondary N) is 1. The molecule has 0 saturated heterocycles. The molecule has 1 aromatic carbocycles. The fourth-order valence-corrected chi connectivity index (χ4v) is 1.43. The van der Waals surface area contributed by atoms with Gasteiger partial charge in [-0.2, -0.15) is 0 Å². The van der Waals surface area contributed by atoms with Crippen LogP contribution in [0.5, 0.6) is 0 Å². The third-order valence-electron chi connectivity index (χ3n) is 1.85. The van der Waals surface area contributed by atoms with Crippen LogP contribution in [0.2, 0.25) is 5.02 Å². The topological polar surface area (TPSA) is 29.1 Å². The highest BCUT2D eigenvalue weighted by molar-refractivity contribution is 6.33. The number of carbonyl (C=O) groups is 1. The molecule has 0 spiro atoms. The van der Waals surface area contributed by atoms with E-state index >= 15 is 0 Å². The quantitative estimate of drug-likeness (QED) is 0.612. The number of halogens is 1. The van der Waals surface area contributed by atoms with Crippen molar-refractivity contribution in [2.45, 2.75) is 6.92 Å². The van der Waals surface area contributed by atoms with Crippen LogP contribution in [0.4, 0.5) is 0 Å². The summed E-state index contributed by atoms with van der Waals surface area (Å²) in [5.74, 6) is 5.83. The first-order valence-corrected chi connectivity index (χ1v) is 4.97. The standard InChI is InChI=1S/C12H12ClNO/c1-9(15)11-6-5-10(8-12(11)13)4-3-7-14-2/h5-6,8,14H,7H2,1-2H3. The van der Waals surface area contributed by atoms with Gasteiger partial charge < -0.3 is 5.32 Å². The molecule has 0 saturated carbocycles. The molecule has 78 valence electrons. The van der Waals surface area contributed by atoms with Gasteiger partial charge in [-0.25, -0.2) is 0 Å². The third kappa shape index (κ3) is 3.39. The normalized spacial score (nSPS) is 9.27. The lowest BCUT2D eigenvalue weighted by atomic mass is 10.1. The summed E-state index contributed by atoms with van der Waals surface area (Å²) in [5.41, 5.74) is 1.36. The summed E-state index contributed by atoms with van der Waals surface area (Å²) in [7, 11) is 1.83. The van der Waals surface area contributed by atoms with Crippen molar-refractivity contribution in [3.63, 3.8) is 0 Å². The second-order valence-corrected chi connectivity index (χ2v) is 3.49. The van der Waals surface area contributed by atoms with Crippen LogP contribution in [-0.2, 0) is 0 Å². The Labute approximate surface area is 94.6 Å². The van der Waals surface area contributed by atoms with Crippen LogP contribution >= 0.6 is 11.6 Å². The number of ketones is 1. The number of carbonyl (C=O) groups excluding carboxylic acids is 1. The van der Waals surface area contributed by atoms with Crippen molar-refractivity contribution in [2.24, 2.45) is 0 Å². The van der Waals surface area contributed by atoms with E-state index in [1.54, 1.807) is 18.2 Å². The second-order valence-electron chi connectivity index (χ2n) is 3.08. The summed E-state index contributed by atoms with van der Waals surface area (Å²) >= 11 is 5.93. The zero-order valence-electron chi connectivity index (χ0n) is 8.73. The van der Waals surface area contributed by atoms with Crippen LogP contribution in [0.15, 0.2) is 18.2 Å². The molecule has 0 heterocycles. The van der Waals surface area contributed by atoms with Crippen molar-refractivity contribution in [3.8, 4) is 11.8 Å². The monoisotopic (exact) mass is 221 g/mol. The Morgan fingerprint density at radius 1 is 1.53 bits per heavy atom. The van der Waals surface area contributed by atoms with Crippen LogP contribution in [-0.4, -0.2) is 19.4 Å². The van der Waals surface area contributed by atoms with Gasteiger partial charge in [0.25, 0.3) is 0 Å². The maximum Gasteiger partial charge on any atom is 0.161 e. The molecule has 1 N–H and O–H groups in total. The molecule has 15 heavy (non-hydrogen) atoms. The number of benzene rings is 1. The summed E-state index contributed by atoms with van der Waals surface area (Å²) in [6.07, 6.45) is 0. The number of rotatable bonds is 2. The Kier molecular flexibility index (Phi) is 4.36. The summed E-state index contributed by atoms with van der Waals surface area (Å²) in [6, 6.07) is 5.21. The fourth-order valence-electron chi connectivity index (χ4n) is 1.11. The third-order valence-corrected chi connectivity index (χ3v) is 2.16. The molecule has 0 amide bonds. The SMILES string of the molecule is CNCC#Cc1ccc(C(C)=O)c(Cl)c1. The predicted molar refractivity (Wildman–Crippen MR) is 62.3 cm³/mol. The Balaban J connectivity index is 2.93. The highest BCUT2D eigenvalue weighted by Crippen LogP contribution is 2.17. The largest absolute Gasteiger partial charge is 0.309 e. The summed E-state index contributed by atoms with van der Waals surface area (Å²) in [5, 5.41) is 3.38. The van der Waals surface area contributed by atoms with Gasteiger partial charge >= 0.3 is 0 Å². The Hall–Kier alpha value is -1.30. The van der Waals surface area contributed by atoms with E-state index < -0.39 is 0 Å². The van der Waals surface area contributed by atoms with Gasteiger partial charge in [-0.3, -0.25) is 4.79 Å². The molecule has 0 aliphatic heterocycles. The van der Waals surface area contributed by atoms with E-state index in [4.69, 9.17) is 11.6 Å². The molecule has 0 bridgehead atoms. The Bertz CT molecular complexity index is 429. The number of Topliss-reactive ketones (excluding diaryl/α,β-unsaturated/α-hetero) is 1. The minimum Gasteiger partial charge on any atom is -0.309 e. The van der Waals surface area contributed by atoms with Crippen molar-refractivity contribution in [1.29, 1.82) is 0 Å². The maximum absolute atomic E-state index is 11.1. The summed E-state index contributed by atoms with van der Waals surface area (Å²) in [6.45, 7) is 2.12. The molecule has 0 atom stereocenters.